The molecule has 2 amide bonds. The average molecular weight is 633 g/mol. The van der Waals surface area contributed by atoms with Gasteiger partial charge >= 0.3 is 18.2 Å². The maximum Gasteiger partial charge on any atom is 0.410 e. The third-order valence-corrected chi connectivity index (χ3v) is 10.0. The molecule has 0 spiro atoms. The van der Waals surface area contributed by atoms with Crippen molar-refractivity contribution in [3.05, 3.63) is 71.3 Å². The molecule has 2 bridgehead atoms. The van der Waals surface area contributed by atoms with Gasteiger partial charge in [-0.1, -0.05) is 54.6 Å². The van der Waals surface area contributed by atoms with Crippen molar-refractivity contribution < 1.29 is 28.6 Å². The molecular formula is C38H52N2O6. The minimum atomic E-state index is -0.591. The lowest BCUT2D eigenvalue weighted by molar-refractivity contribution is -0.162. The van der Waals surface area contributed by atoms with Crippen LogP contribution < -0.4 is 5.32 Å². The lowest BCUT2D eigenvalue weighted by Gasteiger charge is -2.53. The Balaban J connectivity index is 1.20. The topological polar surface area (TPSA) is 94.2 Å². The van der Waals surface area contributed by atoms with Gasteiger partial charge in [0.2, 0.25) is 0 Å². The van der Waals surface area contributed by atoms with E-state index in [1.54, 1.807) is 4.90 Å². The Morgan fingerprint density at radius 3 is 2.02 bits per heavy atom. The van der Waals surface area contributed by atoms with E-state index in [1.165, 1.54) is 5.56 Å². The van der Waals surface area contributed by atoms with Crippen LogP contribution in [0.3, 0.4) is 0 Å². The molecule has 1 saturated heterocycles. The molecular weight excluding hydrogens is 580 g/mol. The van der Waals surface area contributed by atoms with E-state index in [9.17, 15) is 14.4 Å². The van der Waals surface area contributed by atoms with E-state index in [0.717, 1.165) is 56.1 Å². The molecule has 3 saturated carbocycles. The molecule has 6 rings (SSSR count). The van der Waals surface area contributed by atoms with Crippen LogP contribution >= 0.6 is 0 Å². The van der Waals surface area contributed by atoms with Gasteiger partial charge in [0.1, 0.15) is 17.8 Å². The number of amides is 2. The number of esters is 1. The largest absolute Gasteiger partial charge is 0.460 e. The van der Waals surface area contributed by atoms with Crippen LogP contribution in [0.1, 0.15) is 103 Å². The van der Waals surface area contributed by atoms with Crippen LogP contribution in [0.2, 0.25) is 0 Å². The molecule has 2 aromatic rings. The summed E-state index contributed by atoms with van der Waals surface area (Å²) in [5.74, 6) is -0.567. The van der Waals surface area contributed by atoms with Crippen molar-refractivity contribution in [2.45, 2.75) is 122 Å². The molecule has 8 nitrogen and oxygen atoms in total. The molecule has 250 valence electrons. The molecule has 46 heavy (non-hydrogen) atoms. The van der Waals surface area contributed by atoms with Crippen molar-refractivity contribution >= 4 is 18.2 Å². The fourth-order valence-corrected chi connectivity index (χ4v) is 7.46. The summed E-state index contributed by atoms with van der Waals surface area (Å²) in [7, 11) is 0. The van der Waals surface area contributed by atoms with Crippen molar-refractivity contribution in [3.8, 4) is 0 Å². The van der Waals surface area contributed by atoms with Gasteiger partial charge in [0, 0.05) is 18.6 Å². The van der Waals surface area contributed by atoms with Gasteiger partial charge in [0.05, 0.1) is 5.92 Å². The van der Waals surface area contributed by atoms with Crippen LogP contribution in [-0.4, -0.2) is 52.9 Å². The van der Waals surface area contributed by atoms with E-state index < -0.39 is 11.2 Å². The van der Waals surface area contributed by atoms with Gasteiger partial charge in [-0.15, -0.1) is 0 Å². The second kappa shape index (κ2) is 13.3. The third kappa shape index (κ3) is 8.42. The Hall–Kier alpha value is -3.55. The Kier molecular flexibility index (Phi) is 9.76. The highest BCUT2D eigenvalue weighted by molar-refractivity contribution is 5.74. The van der Waals surface area contributed by atoms with Crippen LogP contribution in [0.25, 0.3) is 0 Å². The number of ether oxygens (including phenoxy) is 3. The summed E-state index contributed by atoms with van der Waals surface area (Å²) in [4.78, 5) is 40.6. The van der Waals surface area contributed by atoms with E-state index in [1.807, 2.05) is 71.9 Å². The van der Waals surface area contributed by atoms with Crippen molar-refractivity contribution in [1.82, 2.24) is 10.2 Å². The smallest absolute Gasteiger partial charge is 0.410 e. The summed E-state index contributed by atoms with van der Waals surface area (Å²) in [6.07, 6.45) is 6.51. The van der Waals surface area contributed by atoms with E-state index in [2.05, 4.69) is 29.6 Å². The molecule has 0 radical (unpaired) electrons. The maximum absolute atomic E-state index is 13.5. The molecule has 0 unspecified atom stereocenters. The zero-order chi connectivity index (χ0) is 33.2. The predicted molar refractivity (Wildman–Crippen MR) is 177 cm³/mol. The van der Waals surface area contributed by atoms with E-state index >= 15 is 0 Å². The highest BCUT2D eigenvalue weighted by Crippen LogP contribution is 2.53. The predicted octanol–water partition coefficient (Wildman–Crippen LogP) is 7.71. The Morgan fingerprint density at radius 2 is 1.43 bits per heavy atom. The minimum Gasteiger partial charge on any atom is -0.460 e. The summed E-state index contributed by atoms with van der Waals surface area (Å²) in [6, 6.07) is 18.6. The summed E-state index contributed by atoms with van der Waals surface area (Å²) in [5, 5.41) is 3.23. The highest BCUT2D eigenvalue weighted by atomic mass is 16.6. The fraction of sp³-hybridized carbons (Fsp3) is 0.605. The van der Waals surface area contributed by atoms with Crippen LogP contribution in [0.4, 0.5) is 9.59 Å². The number of nitrogens with one attached hydrogen (secondary N) is 1. The van der Waals surface area contributed by atoms with Gasteiger partial charge in [0.15, 0.2) is 0 Å². The SMILES string of the molecule is CC(C)(C)OC(=O)[C@@H](Cc1ccc(C23CCC(NC(=O)OCc4ccccc4)(CC2)CC3)cc1)[C@H]1CCN(C(=O)OC(C)(C)C)C1. The van der Waals surface area contributed by atoms with Crippen molar-refractivity contribution in [2.75, 3.05) is 13.1 Å². The van der Waals surface area contributed by atoms with E-state index in [0.29, 0.717) is 19.5 Å². The molecule has 1 N–H and O–H groups in total. The van der Waals surface area contributed by atoms with Crippen LogP contribution in [0.15, 0.2) is 54.6 Å². The number of hydrogen-bond donors (Lipinski definition) is 1. The minimum absolute atomic E-state index is 0.00247. The van der Waals surface area contributed by atoms with Crippen molar-refractivity contribution in [2.24, 2.45) is 11.8 Å². The lowest BCUT2D eigenvalue weighted by Crippen LogP contribution is -2.57. The van der Waals surface area contributed by atoms with Crippen molar-refractivity contribution in [1.29, 1.82) is 0 Å². The standard InChI is InChI=1S/C38H52N2O6/c1-35(2,3)45-32(41)31(29-16-23-40(25-29)34(43)46-36(4,5)6)24-27-12-14-30(15-13-27)37-17-20-38(21-18-37,22-19-37)39-33(42)44-26-28-10-8-7-9-11-28/h7-15,29,31H,16-26H2,1-6H3,(H,39,42)/t29-,31-,37?,38?/m0/s1. The molecule has 3 aliphatic carbocycles. The van der Waals surface area contributed by atoms with Gasteiger partial charge in [-0.2, -0.15) is 0 Å². The molecule has 2 aromatic carbocycles. The molecule has 4 fully saturated rings. The molecule has 0 aromatic heterocycles. The molecule has 4 aliphatic rings. The number of carbonyl (C=O) groups excluding carboxylic acids is 3. The second-order valence-electron chi connectivity index (χ2n) is 15.8. The van der Waals surface area contributed by atoms with Gasteiger partial charge in [-0.25, -0.2) is 9.59 Å². The zero-order valence-electron chi connectivity index (χ0n) is 28.5. The number of fused-ring (bicyclic) bond motifs is 3. The van der Waals surface area contributed by atoms with Crippen LogP contribution in [0, 0.1) is 11.8 Å². The summed E-state index contributed by atoms with van der Waals surface area (Å²) >= 11 is 0. The summed E-state index contributed by atoms with van der Waals surface area (Å²) in [5.41, 5.74) is 2.17. The van der Waals surface area contributed by atoms with Crippen LogP contribution in [-0.2, 0) is 37.4 Å². The highest BCUT2D eigenvalue weighted by Gasteiger charge is 2.50. The number of nitrogens with zero attached hydrogens (tertiary/aromatic N) is 1. The Bertz CT molecular complexity index is 1350. The molecule has 1 heterocycles. The summed E-state index contributed by atoms with van der Waals surface area (Å²) in [6.45, 7) is 12.6. The van der Waals surface area contributed by atoms with Crippen LogP contribution in [0.5, 0.6) is 0 Å². The first-order valence-corrected chi connectivity index (χ1v) is 16.9. The Morgan fingerprint density at radius 1 is 0.826 bits per heavy atom. The van der Waals surface area contributed by atoms with Gasteiger partial charge in [0.25, 0.3) is 0 Å². The normalized spacial score (nSPS) is 25.1. The van der Waals surface area contributed by atoms with Gasteiger partial charge in [-0.3, -0.25) is 4.79 Å². The first kappa shape index (κ1) is 33.8. The molecule has 8 heteroatoms. The first-order valence-electron chi connectivity index (χ1n) is 16.9. The molecule has 2 atom stereocenters. The number of alkyl carbamates (subject to hydrolysis) is 1. The van der Waals surface area contributed by atoms with Gasteiger partial charge in [-0.05, 0) is 121 Å². The average Bonchev–Trinajstić information content (AvgIpc) is 3.49. The maximum atomic E-state index is 13.5. The number of likely N-dealkylation sites (tertiary alicyclic amines) is 1. The van der Waals surface area contributed by atoms with E-state index in [-0.39, 0.29) is 47.6 Å². The lowest BCUT2D eigenvalue weighted by atomic mass is 9.55. The molecule has 1 aliphatic heterocycles. The fourth-order valence-electron chi connectivity index (χ4n) is 7.46. The number of hydrogen-bond acceptors (Lipinski definition) is 6. The Labute approximate surface area is 274 Å². The van der Waals surface area contributed by atoms with Crippen molar-refractivity contribution in [3.63, 3.8) is 0 Å². The number of benzene rings is 2. The monoisotopic (exact) mass is 632 g/mol. The quantitative estimate of drug-likeness (QED) is 0.237. The first-order chi connectivity index (χ1) is 21.6. The number of rotatable bonds is 8. The third-order valence-electron chi connectivity index (χ3n) is 10.0. The summed E-state index contributed by atoms with van der Waals surface area (Å²) < 4.78 is 17.0. The van der Waals surface area contributed by atoms with E-state index in [4.69, 9.17) is 14.2 Å². The van der Waals surface area contributed by atoms with Gasteiger partial charge < -0.3 is 24.4 Å². The second-order valence-corrected chi connectivity index (χ2v) is 15.8. The zero-order valence-corrected chi connectivity index (χ0v) is 28.5. The number of carbonyl (C=O) groups is 3.